The van der Waals surface area contributed by atoms with Gasteiger partial charge in [-0.2, -0.15) is 0 Å². The number of benzene rings is 2. The van der Waals surface area contributed by atoms with Gasteiger partial charge in [-0.25, -0.2) is 19.9 Å². The molecular formula is C54H64N8O8. The number of hydrogen-bond acceptors (Lipinski definition) is 16. The largest absolute Gasteiger partial charge is 0.492 e. The third-order valence-electron chi connectivity index (χ3n) is 11.6. The summed E-state index contributed by atoms with van der Waals surface area (Å²) in [5, 5.41) is 6.58. The fourth-order valence-electron chi connectivity index (χ4n) is 8.06. The number of nitrogens with one attached hydrogen (secondary N) is 2. The van der Waals surface area contributed by atoms with Gasteiger partial charge in [0.2, 0.25) is 11.9 Å². The maximum atomic E-state index is 6.14. The van der Waals surface area contributed by atoms with Gasteiger partial charge in [0.05, 0.1) is 39.6 Å². The van der Waals surface area contributed by atoms with E-state index >= 15 is 0 Å². The average molecular weight is 953 g/mol. The summed E-state index contributed by atoms with van der Waals surface area (Å²) in [7, 11) is 0. The van der Waals surface area contributed by atoms with E-state index in [-0.39, 0.29) is 0 Å². The number of likely N-dealkylation sites (tertiary alicyclic amines) is 2. The van der Waals surface area contributed by atoms with Crippen molar-refractivity contribution in [3.8, 4) is 34.4 Å². The Hall–Kier alpha value is -6.66. The maximum Gasteiger partial charge on any atom is 0.227 e. The second kappa shape index (κ2) is 26.9. The number of aromatic nitrogens is 4. The van der Waals surface area contributed by atoms with Gasteiger partial charge in [0.15, 0.2) is 11.5 Å². The van der Waals surface area contributed by atoms with E-state index in [0.29, 0.717) is 101 Å². The van der Waals surface area contributed by atoms with Crippen LogP contribution in [0.1, 0.15) is 48.3 Å². The number of nitrogens with zero attached hydrogens (tertiary/aromatic N) is 6. The molecule has 3 aliphatic heterocycles. The summed E-state index contributed by atoms with van der Waals surface area (Å²) in [5.41, 5.74) is 5.02. The predicted octanol–water partition coefficient (Wildman–Crippen LogP) is 9.92. The van der Waals surface area contributed by atoms with Crippen LogP contribution in [0.25, 0.3) is 22.9 Å². The summed E-state index contributed by atoms with van der Waals surface area (Å²) in [4.78, 5) is 22.8. The van der Waals surface area contributed by atoms with Gasteiger partial charge in [-0.05, 0) is 125 Å². The summed E-state index contributed by atoms with van der Waals surface area (Å²) in [5.74, 6) is 5.42. The first kappa shape index (κ1) is 49.8. The average Bonchev–Trinajstić information content (AvgIpc) is 4.25. The molecule has 6 bridgehead atoms. The van der Waals surface area contributed by atoms with Gasteiger partial charge in [-0.3, -0.25) is 9.80 Å². The lowest BCUT2D eigenvalue weighted by Crippen LogP contribution is -2.25. The Morgan fingerprint density at radius 1 is 0.657 bits per heavy atom. The van der Waals surface area contributed by atoms with Crippen LogP contribution in [0, 0.1) is 0 Å². The molecule has 2 fully saturated rings. The molecule has 0 amide bonds. The lowest BCUT2D eigenvalue weighted by Gasteiger charge is -2.17. The Bertz CT molecular complexity index is 2580. The standard InChI is InChI=1S/C28H34N4O4.C26H30N4O4/c1-3-16-33-20-22-19-23(7-9-26(22)35-18-15-32-13-5-6-14-32)30-28-29-12-11-25(31-28)27-10-8-24(36-27)21-34-17-4-2;1-2-12-30(11-1)13-16-33-24-7-5-21-17-20(24)18-31-14-3-4-15-32-19-22-6-8-25(34-22)23-9-10-27-26(28-21)29-23/h3-4,7-12,19H,1-2,5-6,13-18,20-21H2,(H,29,30,31);3-10,17H,1-2,11-16,18-19H2,(H,27,28,29)/b;4-3+. The molecule has 0 radical (unpaired) electrons. The molecule has 4 aromatic heterocycles. The van der Waals surface area contributed by atoms with Crippen LogP contribution in [-0.4, -0.2) is 109 Å². The first-order valence-corrected chi connectivity index (χ1v) is 24.1. The van der Waals surface area contributed by atoms with Crippen molar-refractivity contribution in [3.05, 3.63) is 145 Å². The van der Waals surface area contributed by atoms with Crippen molar-refractivity contribution in [2.45, 2.75) is 52.1 Å². The van der Waals surface area contributed by atoms with Gasteiger partial charge in [-0.15, -0.1) is 13.2 Å². The molecule has 368 valence electrons. The minimum absolute atomic E-state index is 0.380. The number of ether oxygens (including phenoxy) is 6. The topological polar surface area (TPSA) is 164 Å². The normalized spacial score (nSPS) is 15.7. The SMILES string of the molecule is C1=C/COCc2cc(ccc2OCCN2CCCC2)Nc2nccc(n2)-c2ccc(o2)COC/1.C=CCOCc1ccc(-c2ccnc(Nc3ccc(OCCN4CCCC4)c(COCC=C)c3)n2)o1. The Balaban J connectivity index is 0.000000188. The summed E-state index contributed by atoms with van der Waals surface area (Å²) in [6.45, 7) is 18.7. The molecule has 3 aliphatic rings. The van der Waals surface area contributed by atoms with Crippen molar-refractivity contribution in [1.29, 1.82) is 0 Å². The molecule has 0 aliphatic carbocycles. The number of furan rings is 2. The van der Waals surface area contributed by atoms with Gasteiger partial charge >= 0.3 is 0 Å². The molecule has 0 unspecified atom stereocenters. The lowest BCUT2D eigenvalue weighted by molar-refractivity contribution is 0.128. The molecule has 0 saturated carbocycles. The van der Waals surface area contributed by atoms with Crippen LogP contribution in [0.4, 0.5) is 23.3 Å². The zero-order valence-electron chi connectivity index (χ0n) is 39.9. The zero-order chi connectivity index (χ0) is 48.0. The van der Waals surface area contributed by atoms with Crippen LogP contribution in [0.2, 0.25) is 0 Å². The van der Waals surface area contributed by atoms with Crippen molar-refractivity contribution in [2.75, 3.05) is 89.5 Å². The Morgan fingerprint density at radius 2 is 1.31 bits per heavy atom. The molecule has 6 aromatic rings. The second-order valence-corrected chi connectivity index (χ2v) is 16.9. The highest BCUT2D eigenvalue weighted by Gasteiger charge is 2.16. The zero-order valence-corrected chi connectivity index (χ0v) is 39.9. The first-order valence-electron chi connectivity index (χ1n) is 24.1. The van der Waals surface area contributed by atoms with Gasteiger partial charge in [0, 0.05) is 48.0 Å². The Kier molecular flexibility index (Phi) is 19.1. The molecule has 9 rings (SSSR count). The van der Waals surface area contributed by atoms with Crippen LogP contribution in [-0.2, 0) is 45.4 Å². The summed E-state index contributed by atoms with van der Waals surface area (Å²) in [6.07, 6.45) is 15.9. The van der Waals surface area contributed by atoms with Crippen molar-refractivity contribution >= 4 is 23.3 Å². The van der Waals surface area contributed by atoms with Crippen molar-refractivity contribution in [2.24, 2.45) is 0 Å². The Labute approximate surface area is 410 Å². The van der Waals surface area contributed by atoms with Crippen molar-refractivity contribution in [1.82, 2.24) is 29.7 Å². The van der Waals surface area contributed by atoms with Gasteiger partial charge in [0.1, 0.15) is 60.8 Å². The van der Waals surface area contributed by atoms with Crippen LogP contribution >= 0.6 is 0 Å². The molecule has 0 atom stereocenters. The van der Waals surface area contributed by atoms with E-state index in [1.165, 1.54) is 25.7 Å². The van der Waals surface area contributed by atoms with E-state index in [2.05, 4.69) is 53.5 Å². The van der Waals surface area contributed by atoms with Gasteiger partial charge in [-0.1, -0.05) is 24.3 Å². The van der Waals surface area contributed by atoms with Crippen LogP contribution in [0.5, 0.6) is 11.5 Å². The molecule has 16 heteroatoms. The van der Waals surface area contributed by atoms with E-state index < -0.39 is 0 Å². The van der Waals surface area contributed by atoms with E-state index in [1.54, 1.807) is 24.5 Å². The van der Waals surface area contributed by atoms with E-state index in [0.717, 1.165) is 84.8 Å². The maximum absolute atomic E-state index is 6.14. The first-order chi connectivity index (χ1) is 34.6. The lowest BCUT2D eigenvalue weighted by atomic mass is 10.2. The number of anilines is 4. The Morgan fingerprint density at radius 3 is 2.07 bits per heavy atom. The van der Waals surface area contributed by atoms with Crippen LogP contribution < -0.4 is 20.1 Å². The summed E-state index contributed by atoms with van der Waals surface area (Å²) in [6, 6.07) is 23.1. The second-order valence-electron chi connectivity index (χ2n) is 16.9. The number of rotatable bonds is 19. The highest BCUT2D eigenvalue weighted by atomic mass is 16.5. The molecule has 7 heterocycles. The van der Waals surface area contributed by atoms with Crippen molar-refractivity contribution < 1.29 is 37.3 Å². The smallest absolute Gasteiger partial charge is 0.227 e. The highest BCUT2D eigenvalue weighted by molar-refractivity contribution is 5.62. The highest BCUT2D eigenvalue weighted by Crippen LogP contribution is 2.29. The monoisotopic (exact) mass is 952 g/mol. The van der Waals surface area contributed by atoms with Gasteiger partial charge < -0.3 is 47.9 Å². The van der Waals surface area contributed by atoms with E-state index in [4.69, 9.17) is 37.3 Å². The molecule has 16 nitrogen and oxygen atoms in total. The van der Waals surface area contributed by atoms with Crippen LogP contribution in [0.3, 0.4) is 0 Å². The number of hydrogen-bond donors (Lipinski definition) is 2. The van der Waals surface area contributed by atoms with Crippen LogP contribution in [0.15, 0.2) is 131 Å². The molecule has 2 saturated heterocycles. The van der Waals surface area contributed by atoms with Gasteiger partial charge in [0.25, 0.3) is 0 Å². The molecular weight excluding hydrogens is 889 g/mol. The fourth-order valence-corrected chi connectivity index (χ4v) is 8.06. The van der Waals surface area contributed by atoms with E-state index in [1.807, 2.05) is 84.9 Å². The molecule has 2 aromatic carbocycles. The fraction of sp³-hybridized carbons (Fsp3) is 0.370. The third kappa shape index (κ3) is 15.4. The third-order valence-corrected chi connectivity index (χ3v) is 11.6. The quantitative estimate of drug-likeness (QED) is 0.0582. The minimum atomic E-state index is 0.380. The van der Waals surface area contributed by atoms with E-state index in [9.17, 15) is 0 Å². The van der Waals surface area contributed by atoms with Crippen molar-refractivity contribution in [3.63, 3.8) is 0 Å². The number of fused-ring (bicyclic) bond motifs is 7. The minimum Gasteiger partial charge on any atom is -0.492 e. The summed E-state index contributed by atoms with van der Waals surface area (Å²) < 4.78 is 46.7. The molecule has 0 spiro atoms. The summed E-state index contributed by atoms with van der Waals surface area (Å²) >= 11 is 0. The predicted molar refractivity (Wildman–Crippen MR) is 269 cm³/mol. The molecule has 70 heavy (non-hydrogen) atoms. The molecule has 2 N–H and O–H groups in total.